The van der Waals surface area contributed by atoms with Crippen molar-refractivity contribution in [3.05, 3.63) is 80.9 Å². The Kier molecular flexibility index (Phi) is 4.65. The van der Waals surface area contributed by atoms with Crippen LogP contribution in [0.4, 0.5) is 5.69 Å². The first-order valence-corrected chi connectivity index (χ1v) is 9.28. The summed E-state index contributed by atoms with van der Waals surface area (Å²) in [5, 5.41) is 3.50. The van der Waals surface area contributed by atoms with Gasteiger partial charge in [-0.15, -0.1) is 0 Å². The van der Waals surface area contributed by atoms with Crippen LogP contribution >= 0.6 is 34.2 Å². The summed E-state index contributed by atoms with van der Waals surface area (Å²) in [6.45, 7) is 0. The summed E-state index contributed by atoms with van der Waals surface area (Å²) in [5.41, 5.74) is 3.36. The molecule has 0 aliphatic heterocycles. The Bertz CT molecular complexity index is 1110. The number of amides is 1. The lowest BCUT2D eigenvalue weighted by Gasteiger charge is -2.05. The van der Waals surface area contributed by atoms with E-state index < -0.39 is 0 Å². The number of halogens is 2. The molecule has 0 aliphatic rings. The number of anilines is 1. The zero-order valence-corrected chi connectivity index (χ0v) is 16.3. The van der Waals surface area contributed by atoms with Crippen molar-refractivity contribution in [3.63, 3.8) is 0 Å². The number of rotatable bonds is 3. The highest BCUT2D eigenvalue weighted by atomic mass is 127. The number of hydrogen-bond donors (Lipinski definition) is 1. The Hall–Kier alpha value is -2.38. The molecule has 4 aromatic rings. The van der Waals surface area contributed by atoms with Crippen molar-refractivity contribution in [1.82, 2.24) is 4.98 Å². The van der Waals surface area contributed by atoms with Crippen molar-refractivity contribution in [3.8, 4) is 11.5 Å². The lowest BCUT2D eigenvalue weighted by molar-refractivity contribution is 0.102. The summed E-state index contributed by atoms with van der Waals surface area (Å²) in [6, 6.07) is 20.1. The Balaban J connectivity index is 1.61. The first kappa shape index (κ1) is 17.1. The molecule has 4 rings (SSSR count). The van der Waals surface area contributed by atoms with E-state index in [1.165, 1.54) is 0 Å². The van der Waals surface area contributed by atoms with Gasteiger partial charge in [0.1, 0.15) is 5.52 Å². The third kappa shape index (κ3) is 3.59. The summed E-state index contributed by atoms with van der Waals surface area (Å²) in [5.74, 6) is 0.318. The van der Waals surface area contributed by atoms with E-state index >= 15 is 0 Å². The lowest BCUT2D eigenvalue weighted by atomic mass is 10.2. The van der Waals surface area contributed by atoms with Crippen molar-refractivity contribution in [1.29, 1.82) is 0 Å². The van der Waals surface area contributed by atoms with Gasteiger partial charge in [0, 0.05) is 31.5 Å². The van der Waals surface area contributed by atoms with Gasteiger partial charge in [0.15, 0.2) is 5.58 Å². The van der Waals surface area contributed by atoms with Crippen molar-refractivity contribution < 1.29 is 9.21 Å². The lowest BCUT2D eigenvalue weighted by Crippen LogP contribution is -2.11. The average Bonchev–Trinajstić information content (AvgIpc) is 3.05. The largest absolute Gasteiger partial charge is 0.436 e. The van der Waals surface area contributed by atoms with Crippen LogP contribution in [-0.4, -0.2) is 10.9 Å². The van der Waals surface area contributed by atoms with Crippen LogP contribution < -0.4 is 5.32 Å². The molecule has 128 valence electrons. The molecule has 1 N–H and O–H groups in total. The molecule has 4 nitrogen and oxygen atoms in total. The van der Waals surface area contributed by atoms with Crippen LogP contribution in [0.25, 0.3) is 22.6 Å². The van der Waals surface area contributed by atoms with E-state index in [4.69, 9.17) is 16.0 Å². The molecule has 1 heterocycles. The highest BCUT2D eigenvalue weighted by Crippen LogP contribution is 2.28. The predicted molar refractivity (Wildman–Crippen MR) is 112 cm³/mol. The summed E-state index contributed by atoms with van der Waals surface area (Å²) < 4.78 is 6.91. The van der Waals surface area contributed by atoms with E-state index in [-0.39, 0.29) is 5.91 Å². The summed E-state index contributed by atoms with van der Waals surface area (Å²) in [7, 11) is 0. The fraction of sp³-hybridized carbons (Fsp3) is 0. The maximum absolute atomic E-state index is 12.4. The second-order valence-corrected chi connectivity index (χ2v) is 7.35. The topological polar surface area (TPSA) is 55.1 Å². The van der Waals surface area contributed by atoms with Crippen LogP contribution in [0.3, 0.4) is 0 Å². The van der Waals surface area contributed by atoms with Crippen LogP contribution in [0.15, 0.2) is 71.1 Å². The molecule has 1 amide bonds. The molecule has 0 unspecified atom stereocenters. The predicted octanol–water partition coefficient (Wildman–Crippen LogP) is 6.01. The zero-order chi connectivity index (χ0) is 18.1. The minimum absolute atomic E-state index is 0.171. The second-order valence-electron chi connectivity index (χ2n) is 5.67. The van der Waals surface area contributed by atoms with Crippen molar-refractivity contribution in [2.24, 2.45) is 0 Å². The number of nitrogens with zero attached hydrogens (tertiary/aromatic N) is 1. The van der Waals surface area contributed by atoms with E-state index in [2.05, 4.69) is 32.9 Å². The van der Waals surface area contributed by atoms with Crippen LogP contribution in [0, 0.1) is 3.57 Å². The quantitative estimate of drug-likeness (QED) is 0.370. The molecule has 26 heavy (non-hydrogen) atoms. The molecule has 6 heteroatoms. The van der Waals surface area contributed by atoms with Crippen molar-refractivity contribution >= 4 is 56.9 Å². The van der Waals surface area contributed by atoms with Gasteiger partial charge in [-0.1, -0.05) is 17.7 Å². The number of carbonyl (C=O) groups excluding carboxylic acids is 1. The average molecular weight is 475 g/mol. The number of fused-ring (bicyclic) bond motifs is 1. The molecule has 1 aromatic heterocycles. The summed E-state index contributed by atoms with van der Waals surface area (Å²) in [6.07, 6.45) is 0. The zero-order valence-electron chi connectivity index (χ0n) is 13.4. The highest BCUT2D eigenvalue weighted by Gasteiger charge is 2.11. The summed E-state index contributed by atoms with van der Waals surface area (Å²) >= 11 is 8.23. The minimum atomic E-state index is -0.171. The summed E-state index contributed by atoms with van der Waals surface area (Å²) in [4.78, 5) is 16.8. The molecule has 0 radical (unpaired) electrons. The Morgan fingerprint density at radius 1 is 1.04 bits per heavy atom. The molecule has 0 aliphatic carbocycles. The number of benzene rings is 3. The minimum Gasteiger partial charge on any atom is -0.436 e. The highest BCUT2D eigenvalue weighted by molar-refractivity contribution is 14.1. The van der Waals surface area contributed by atoms with Crippen LogP contribution in [0.1, 0.15) is 10.4 Å². The maximum Gasteiger partial charge on any atom is 0.255 e. The van der Waals surface area contributed by atoms with Gasteiger partial charge in [-0.2, -0.15) is 0 Å². The van der Waals surface area contributed by atoms with Crippen molar-refractivity contribution in [2.75, 3.05) is 5.32 Å². The molecular weight excluding hydrogens is 463 g/mol. The van der Waals surface area contributed by atoms with Gasteiger partial charge in [-0.3, -0.25) is 4.79 Å². The Morgan fingerprint density at radius 3 is 2.62 bits per heavy atom. The third-order valence-electron chi connectivity index (χ3n) is 3.82. The molecule has 0 bridgehead atoms. The smallest absolute Gasteiger partial charge is 0.255 e. The van der Waals surface area contributed by atoms with Gasteiger partial charge >= 0.3 is 0 Å². The van der Waals surface area contributed by atoms with Crippen LogP contribution in [-0.2, 0) is 0 Å². The van der Waals surface area contributed by atoms with E-state index in [0.717, 1.165) is 9.13 Å². The van der Waals surface area contributed by atoms with Crippen LogP contribution in [0.5, 0.6) is 0 Å². The SMILES string of the molecule is O=C(Nc1ccc2nc(-c3cccc(Cl)c3)oc2c1)c1ccc(I)cc1. The number of carbonyl (C=O) groups is 1. The molecular formula is C20H12ClIN2O2. The van der Waals surface area contributed by atoms with E-state index in [1.807, 2.05) is 30.3 Å². The molecule has 3 aromatic carbocycles. The molecule has 0 fully saturated rings. The number of hydrogen-bond acceptors (Lipinski definition) is 3. The third-order valence-corrected chi connectivity index (χ3v) is 4.78. The molecule has 0 saturated heterocycles. The van der Waals surface area contributed by atoms with E-state index in [0.29, 0.717) is 33.3 Å². The number of aromatic nitrogens is 1. The maximum atomic E-state index is 12.4. The second kappa shape index (κ2) is 7.09. The number of nitrogens with one attached hydrogen (secondary N) is 1. The van der Waals surface area contributed by atoms with Crippen molar-refractivity contribution in [2.45, 2.75) is 0 Å². The Labute approximate surface area is 168 Å². The molecule has 0 spiro atoms. The van der Waals surface area contributed by atoms with E-state index in [9.17, 15) is 4.79 Å². The van der Waals surface area contributed by atoms with Gasteiger partial charge in [-0.05, 0) is 77.2 Å². The van der Waals surface area contributed by atoms with Gasteiger partial charge in [0.2, 0.25) is 5.89 Å². The van der Waals surface area contributed by atoms with Gasteiger partial charge in [-0.25, -0.2) is 4.98 Å². The molecule has 0 atom stereocenters. The monoisotopic (exact) mass is 474 g/mol. The first-order chi connectivity index (χ1) is 12.6. The molecule has 0 saturated carbocycles. The van der Waals surface area contributed by atoms with Gasteiger partial charge in [0.05, 0.1) is 0 Å². The standard InChI is InChI=1S/C20H12ClIN2O2/c21-14-3-1-2-13(10-14)20-24-17-9-8-16(11-18(17)26-20)23-19(25)12-4-6-15(22)7-5-12/h1-11H,(H,23,25). The van der Waals surface area contributed by atoms with Crippen LogP contribution in [0.2, 0.25) is 5.02 Å². The van der Waals surface area contributed by atoms with Gasteiger partial charge < -0.3 is 9.73 Å². The fourth-order valence-electron chi connectivity index (χ4n) is 2.55. The first-order valence-electron chi connectivity index (χ1n) is 7.82. The normalized spacial score (nSPS) is 10.8. The van der Waals surface area contributed by atoms with Gasteiger partial charge in [0.25, 0.3) is 5.91 Å². The Morgan fingerprint density at radius 2 is 1.85 bits per heavy atom. The fourth-order valence-corrected chi connectivity index (χ4v) is 3.10. The van der Waals surface area contributed by atoms with E-state index in [1.54, 1.807) is 36.4 Å². The number of oxazole rings is 1.